The normalized spacial score (nSPS) is 13.5. The summed E-state index contributed by atoms with van der Waals surface area (Å²) in [4.78, 5) is 14.2. The highest BCUT2D eigenvalue weighted by Gasteiger charge is 2.22. The summed E-state index contributed by atoms with van der Waals surface area (Å²) < 4.78 is 10.5. The first kappa shape index (κ1) is 16.4. The van der Waals surface area contributed by atoms with Gasteiger partial charge in [-0.1, -0.05) is 17.3 Å². The highest BCUT2D eigenvalue weighted by Crippen LogP contribution is 2.27. The van der Waals surface area contributed by atoms with Crippen LogP contribution in [0.1, 0.15) is 28.1 Å². The minimum Gasteiger partial charge on any atom is -0.496 e. The smallest absolute Gasteiger partial charge is 0.317 e. The number of aryl methyl sites for hydroxylation is 2. The molecule has 128 valence electrons. The van der Waals surface area contributed by atoms with Gasteiger partial charge in [0.1, 0.15) is 11.5 Å². The van der Waals surface area contributed by atoms with Gasteiger partial charge in [0.25, 0.3) is 0 Å². The third kappa shape index (κ3) is 3.22. The lowest BCUT2D eigenvalue weighted by Crippen LogP contribution is -2.43. The van der Waals surface area contributed by atoms with Crippen molar-refractivity contribution < 1.29 is 14.1 Å². The van der Waals surface area contributed by atoms with Gasteiger partial charge in [0, 0.05) is 30.8 Å². The number of carbonyl (C=O) groups excluding carboxylic acids is 1. The number of methoxy groups -OCH3 is 1. The number of aromatic nitrogens is 1. The number of fused-ring (bicyclic) bond motifs is 1. The summed E-state index contributed by atoms with van der Waals surface area (Å²) in [5.74, 6) is 1.73. The van der Waals surface area contributed by atoms with E-state index in [9.17, 15) is 4.79 Å². The first-order chi connectivity index (χ1) is 11.6. The maximum Gasteiger partial charge on any atom is 0.317 e. The van der Waals surface area contributed by atoms with Crippen LogP contribution in [0.3, 0.4) is 0 Å². The molecule has 2 aromatic rings. The highest BCUT2D eigenvalue weighted by molar-refractivity contribution is 5.74. The zero-order valence-electron chi connectivity index (χ0n) is 14.4. The molecular weight excluding hydrogens is 306 g/mol. The van der Waals surface area contributed by atoms with Gasteiger partial charge < -0.3 is 19.5 Å². The number of hydrogen-bond donors (Lipinski definition) is 1. The van der Waals surface area contributed by atoms with Crippen molar-refractivity contribution in [3.05, 3.63) is 46.3 Å². The average Bonchev–Trinajstić information content (AvgIpc) is 2.92. The van der Waals surface area contributed by atoms with Crippen molar-refractivity contribution in [1.29, 1.82) is 0 Å². The number of benzene rings is 1. The molecule has 0 radical (unpaired) electrons. The van der Waals surface area contributed by atoms with Crippen molar-refractivity contribution in [2.24, 2.45) is 0 Å². The lowest BCUT2D eigenvalue weighted by atomic mass is 9.99. The second-order valence-electron chi connectivity index (χ2n) is 6.05. The Kier molecular flexibility index (Phi) is 4.74. The molecule has 0 saturated heterocycles. The number of nitrogens with zero attached hydrogens (tertiary/aromatic N) is 2. The van der Waals surface area contributed by atoms with Gasteiger partial charge >= 0.3 is 6.03 Å². The van der Waals surface area contributed by atoms with Crippen LogP contribution >= 0.6 is 0 Å². The topological polar surface area (TPSA) is 67.6 Å². The molecule has 0 spiro atoms. The molecule has 1 aromatic carbocycles. The molecule has 0 unspecified atom stereocenters. The van der Waals surface area contributed by atoms with E-state index in [1.165, 1.54) is 5.56 Å². The first-order valence-corrected chi connectivity index (χ1v) is 8.19. The van der Waals surface area contributed by atoms with E-state index in [-0.39, 0.29) is 6.03 Å². The molecule has 6 nitrogen and oxygen atoms in total. The Labute approximate surface area is 141 Å². The van der Waals surface area contributed by atoms with Gasteiger partial charge in [-0.2, -0.15) is 0 Å². The number of hydrogen-bond acceptors (Lipinski definition) is 4. The van der Waals surface area contributed by atoms with Crippen LogP contribution in [0.5, 0.6) is 5.75 Å². The predicted octanol–water partition coefficient (Wildman–Crippen LogP) is 2.61. The van der Waals surface area contributed by atoms with Crippen LogP contribution in [0.15, 0.2) is 22.7 Å². The molecule has 2 amide bonds. The van der Waals surface area contributed by atoms with Gasteiger partial charge in [-0.05, 0) is 38.3 Å². The van der Waals surface area contributed by atoms with E-state index < -0.39 is 0 Å². The molecule has 1 aromatic heterocycles. The van der Waals surface area contributed by atoms with Crippen molar-refractivity contribution in [2.75, 3.05) is 20.2 Å². The second kappa shape index (κ2) is 6.95. The monoisotopic (exact) mass is 329 g/mol. The van der Waals surface area contributed by atoms with Crippen LogP contribution in [0.2, 0.25) is 0 Å². The lowest BCUT2D eigenvalue weighted by Gasteiger charge is -2.29. The summed E-state index contributed by atoms with van der Waals surface area (Å²) in [7, 11) is 1.68. The van der Waals surface area contributed by atoms with Crippen LogP contribution in [-0.4, -0.2) is 36.3 Å². The van der Waals surface area contributed by atoms with E-state index in [0.29, 0.717) is 19.6 Å². The molecule has 0 fully saturated rings. The van der Waals surface area contributed by atoms with Crippen molar-refractivity contribution in [3.8, 4) is 5.75 Å². The minimum atomic E-state index is -0.0322. The summed E-state index contributed by atoms with van der Waals surface area (Å²) in [5, 5.41) is 6.93. The predicted molar refractivity (Wildman–Crippen MR) is 90.2 cm³/mol. The molecule has 0 atom stereocenters. The largest absolute Gasteiger partial charge is 0.496 e. The molecule has 0 bridgehead atoms. The molecule has 24 heavy (non-hydrogen) atoms. The maximum atomic E-state index is 12.4. The van der Waals surface area contributed by atoms with Crippen LogP contribution in [0.25, 0.3) is 0 Å². The average molecular weight is 329 g/mol. The number of nitrogens with one attached hydrogen (secondary N) is 1. The quantitative estimate of drug-likeness (QED) is 0.936. The van der Waals surface area contributed by atoms with Gasteiger partial charge in [-0.3, -0.25) is 0 Å². The van der Waals surface area contributed by atoms with Crippen LogP contribution in [-0.2, 0) is 19.4 Å². The molecule has 1 N–H and O–H groups in total. The van der Waals surface area contributed by atoms with Gasteiger partial charge in [-0.15, -0.1) is 0 Å². The van der Waals surface area contributed by atoms with E-state index in [0.717, 1.165) is 41.2 Å². The maximum absolute atomic E-state index is 12.4. The number of rotatable bonds is 4. The molecule has 0 aliphatic carbocycles. The van der Waals surface area contributed by atoms with Crippen LogP contribution < -0.4 is 10.1 Å². The fraction of sp³-hybridized carbons (Fsp3) is 0.444. The molecule has 6 heteroatoms. The number of amides is 2. The summed E-state index contributed by atoms with van der Waals surface area (Å²) in [5.41, 5.74) is 4.33. The Hall–Kier alpha value is -2.50. The molecule has 0 saturated carbocycles. The van der Waals surface area contributed by atoms with Gasteiger partial charge in [0.05, 0.1) is 12.8 Å². The Bertz CT molecular complexity index is 720. The van der Waals surface area contributed by atoms with Gasteiger partial charge in [0.15, 0.2) is 0 Å². The summed E-state index contributed by atoms with van der Waals surface area (Å²) >= 11 is 0. The Morgan fingerprint density at radius 2 is 2.25 bits per heavy atom. The highest BCUT2D eigenvalue weighted by atomic mass is 16.5. The summed E-state index contributed by atoms with van der Waals surface area (Å²) in [6, 6.07) is 5.96. The molecule has 3 rings (SSSR count). The van der Waals surface area contributed by atoms with Gasteiger partial charge in [0.2, 0.25) is 0 Å². The fourth-order valence-electron chi connectivity index (χ4n) is 3.20. The summed E-state index contributed by atoms with van der Waals surface area (Å²) in [6.07, 6.45) is 1.54. The molecular formula is C18H23N3O3. The summed E-state index contributed by atoms with van der Waals surface area (Å²) in [6.45, 7) is 5.70. The number of urea groups is 1. The van der Waals surface area contributed by atoms with Crippen LogP contribution in [0, 0.1) is 13.8 Å². The third-order valence-corrected chi connectivity index (χ3v) is 4.56. The fourth-order valence-corrected chi connectivity index (χ4v) is 3.20. The van der Waals surface area contributed by atoms with Crippen molar-refractivity contribution in [2.45, 2.75) is 33.2 Å². The second-order valence-corrected chi connectivity index (χ2v) is 6.05. The van der Waals surface area contributed by atoms with E-state index in [1.54, 1.807) is 7.11 Å². The minimum absolute atomic E-state index is 0.0322. The van der Waals surface area contributed by atoms with Gasteiger partial charge in [-0.25, -0.2) is 4.79 Å². The van der Waals surface area contributed by atoms with Crippen molar-refractivity contribution in [1.82, 2.24) is 15.4 Å². The van der Waals surface area contributed by atoms with E-state index in [2.05, 4.69) is 16.5 Å². The molecule has 2 heterocycles. The van der Waals surface area contributed by atoms with Crippen molar-refractivity contribution >= 4 is 6.03 Å². The van der Waals surface area contributed by atoms with Crippen LogP contribution in [0.4, 0.5) is 4.79 Å². The SMILES string of the molecule is COc1cccc2c1CCN(C(=O)NCCc1c(C)noc1C)C2. The Morgan fingerprint density at radius 1 is 1.42 bits per heavy atom. The molecule has 1 aliphatic rings. The lowest BCUT2D eigenvalue weighted by molar-refractivity contribution is 0.192. The zero-order chi connectivity index (χ0) is 17.1. The van der Waals surface area contributed by atoms with E-state index >= 15 is 0 Å². The first-order valence-electron chi connectivity index (χ1n) is 8.19. The van der Waals surface area contributed by atoms with E-state index in [1.807, 2.05) is 30.9 Å². The Morgan fingerprint density at radius 3 is 2.96 bits per heavy atom. The zero-order valence-corrected chi connectivity index (χ0v) is 14.4. The Balaban J connectivity index is 1.57. The van der Waals surface area contributed by atoms with Crippen molar-refractivity contribution in [3.63, 3.8) is 0 Å². The number of ether oxygens (including phenoxy) is 1. The molecule has 1 aliphatic heterocycles. The standard InChI is InChI=1S/C18H23N3O3/c1-12-15(13(2)24-20-12)7-9-19-18(22)21-10-8-16-14(11-21)5-4-6-17(16)23-3/h4-6H,7-11H2,1-3H3,(H,19,22). The number of carbonyl (C=O) groups is 1. The van der Waals surface area contributed by atoms with E-state index in [4.69, 9.17) is 9.26 Å². The third-order valence-electron chi connectivity index (χ3n) is 4.56.